The molecule has 0 radical (unpaired) electrons. The summed E-state index contributed by atoms with van der Waals surface area (Å²) in [6.07, 6.45) is 7.37. The van der Waals surface area contributed by atoms with Gasteiger partial charge in [0.1, 0.15) is 47.5 Å². The van der Waals surface area contributed by atoms with Gasteiger partial charge in [0.15, 0.2) is 0 Å². The third-order valence-electron chi connectivity index (χ3n) is 13.6. The molecular formula is C60H48N14. The normalized spacial score (nSPS) is 13.5. The number of benzene rings is 5. The van der Waals surface area contributed by atoms with Crippen LogP contribution in [0.1, 0.15) is 81.4 Å². The van der Waals surface area contributed by atoms with Gasteiger partial charge in [-0.2, -0.15) is 0 Å². The van der Waals surface area contributed by atoms with Gasteiger partial charge in [-0.15, -0.1) is 0 Å². The summed E-state index contributed by atoms with van der Waals surface area (Å²) in [5.41, 5.74) is 12.6. The van der Waals surface area contributed by atoms with Crippen LogP contribution in [0.3, 0.4) is 0 Å². The van der Waals surface area contributed by atoms with E-state index in [1.807, 2.05) is 146 Å². The summed E-state index contributed by atoms with van der Waals surface area (Å²) in [5, 5.41) is 0. The first-order valence-electron chi connectivity index (χ1n) is 24.7. The Balaban J connectivity index is 0.992. The Bertz CT molecular complexity index is 3360. The molecule has 0 spiro atoms. The fourth-order valence-corrected chi connectivity index (χ4v) is 10.3. The van der Waals surface area contributed by atoms with Crippen LogP contribution in [0.2, 0.25) is 0 Å². The molecule has 5 aromatic carbocycles. The standard InChI is InChI=1S/C60H48N14/c1-2-21-42-41(20-1)65-57(66-42)53(49-28-9-13-32-61-49)73(54(50-29-10-14-33-62-50)58-67-43-22-3-4-23-44(43)68-58)37-39-18-17-19-40(36-39)38-74(55(51-30-11-15-34-63-51)59-69-45-24-5-6-25-46(45)70-59)56(52-31-12-16-35-64-52)60-71-47-26-7-8-27-48(47)72-60/h1-36,53-56H,37-38H2,(H,65,66)(H,67,68)(H,69,70)(H,71,72). The van der Waals surface area contributed by atoms with E-state index < -0.39 is 24.2 Å². The SMILES string of the molecule is c1ccc(C(c2nc3ccccc3[nH]2)N(Cc2cccc(CN(C(c3ccccn3)c3nc4ccccc4[nH]3)C(c3ccccn3)c3nc4ccccc4[nH]3)c2)C(c2ccccn2)c2nc3ccccc3[nH]2)nc1. The summed E-state index contributed by atoms with van der Waals surface area (Å²) in [6.45, 7) is 0.871. The maximum atomic E-state index is 5.28. The number of pyridine rings is 4. The Kier molecular flexibility index (Phi) is 11.8. The summed E-state index contributed by atoms with van der Waals surface area (Å²) in [7, 11) is 0. The highest BCUT2D eigenvalue weighted by Crippen LogP contribution is 2.41. The van der Waals surface area contributed by atoms with E-state index in [1.54, 1.807) is 0 Å². The molecule has 0 bridgehead atoms. The van der Waals surface area contributed by atoms with Gasteiger partial charge in [-0.05, 0) is 108 Å². The number of rotatable bonds is 16. The first kappa shape index (κ1) is 44.4. The van der Waals surface area contributed by atoms with Gasteiger partial charge in [-0.25, -0.2) is 19.9 Å². The second-order valence-electron chi connectivity index (χ2n) is 18.3. The van der Waals surface area contributed by atoms with Crippen molar-refractivity contribution in [3.8, 4) is 0 Å². The number of imidazole rings is 4. The molecular weight excluding hydrogens is 917 g/mol. The maximum Gasteiger partial charge on any atom is 0.130 e. The molecule has 0 aliphatic rings. The van der Waals surface area contributed by atoms with E-state index in [2.05, 4.69) is 103 Å². The summed E-state index contributed by atoms with van der Waals surface area (Å²) >= 11 is 0. The molecule has 13 rings (SSSR count). The van der Waals surface area contributed by atoms with Gasteiger partial charge in [0.2, 0.25) is 0 Å². The van der Waals surface area contributed by atoms with E-state index in [1.165, 1.54) is 0 Å². The Hall–Kier alpha value is -9.50. The lowest BCUT2D eigenvalue weighted by Gasteiger charge is -2.37. The smallest absolute Gasteiger partial charge is 0.130 e. The Labute approximate surface area is 425 Å². The molecule has 0 saturated carbocycles. The zero-order chi connectivity index (χ0) is 49.2. The van der Waals surface area contributed by atoms with Gasteiger partial charge in [-0.1, -0.05) is 97.1 Å². The lowest BCUT2D eigenvalue weighted by Crippen LogP contribution is -2.36. The van der Waals surface area contributed by atoms with Crippen LogP contribution < -0.4 is 0 Å². The van der Waals surface area contributed by atoms with Crippen LogP contribution in [0.25, 0.3) is 44.1 Å². The zero-order valence-corrected chi connectivity index (χ0v) is 40.0. The van der Waals surface area contributed by atoms with E-state index >= 15 is 0 Å². The molecule has 4 unspecified atom stereocenters. The Morgan fingerprint density at radius 3 is 0.824 bits per heavy atom. The quantitative estimate of drug-likeness (QED) is 0.0730. The van der Waals surface area contributed by atoms with E-state index in [9.17, 15) is 0 Å². The molecule has 14 heteroatoms. The number of fused-ring (bicyclic) bond motifs is 4. The highest BCUT2D eigenvalue weighted by Gasteiger charge is 2.39. The predicted molar refractivity (Wildman–Crippen MR) is 286 cm³/mol. The van der Waals surface area contributed by atoms with Gasteiger partial charge in [-0.3, -0.25) is 29.7 Å². The van der Waals surface area contributed by atoms with Crippen molar-refractivity contribution in [2.75, 3.05) is 0 Å². The lowest BCUT2D eigenvalue weighted by atomic mass is 9.99. The lowest BCUT2D eigenvalue weighted by molar-refractivity contribution is 0.152. The third-order valence-corrected chi connectivity index (χ3v) is 13.6. The minimum absolute atomic E-state index is 0.435. The maximum absolute atomic E-state index is 5.28. The van der Waals surface area contributed by atoms with Crippen LogP contribution in [0.15, 0.2) is 219 Å². The number of hydrogen-bond acceptors (Lipinski definition) is 10. The molecule has 8 aromatic heterocycles. The van der Waals surface area contributed by atoms with Crippen LogP contribution in [-0.2, 0) is 13.1 Å². The largest absolute Gasteiger partial charge is 0.340 e. The van der Waals surface area contributed by atoms with Crippen LogP contribution in [-0.4, -0.2) is 69.6 Å². The monoisotopic (exact) mass is 964 g/mol. The van der Waals surface area contributed by atoms with Crippen molar-refractivity contribution < 1.29 is 0 Å². The molecule has 0 amide bonds. The summed E-state index contributed by atoms with van der Waals surface area (Å²) in [5.74, 6) is 2.99. The number of hydrogen-bond donors (Lipinski definition) is 4. The van der Waals surface area contributed by atoms with E-state index in [-0.39, 0.29) is 0 Å². The molecule has 358 valence electrons. The van der Waals surface area contributed by atoms with Crippen LogP contribution in [0.4, 0.5) is 0 Å². The molecule has 8 heterocycles. The van der Waals surface area contributed by atoms with Crippen molar-refractivity contribution in [1.82, 2.24) is 69.6 Å². The highest BCUT2D eigenvalue weighted by molar-refractivity contribution is 5.77. The fraction of sp³-hybridized carbons (Fsp3) is 0.100. The number of aromatic amines is 4. The van der Waals surface area contributed by atoms with Crippen molar-refractivity contribution in [1.29, 1.82) is 0 Å². The second kappa shape index (κ2) is 19.6. The summed E-state index contributed by atoms with van der Waals surface area (Å²) in [6, 6.07) is 63.5. The summed E-state index contributed by atoms with van der Waals surface area (Å²) in [4.78, 5) is 61.0. The van der Waals surface area contributed by atoms with Gasteiger partial charge in [0, 0.05) is 37.9 Å². The third kappa shape index (κ3) is 8.74. The highest BCUT2D eigenvalue weighted by atomic mass is 15.3. The van der Waals surface area contributed by atoms with Gasteiger partial charge in [0.25, 0.3) is 0 Å². The molecule has 14 nitrogen and oxygen atoms in total. The number of aromatic nitrogens is 12. The molecule has 4 atom stereocenters. The number of H-pyrrole nitrogens is 4. The summed E-state index contributed by atoms with van der Waals surface area (Å²) < 4.78 is 0. The van der Waals surface area contributed by atoms with Crippen molar-refractivity contribution in [2.45, 2.75) is 37.3 Å². The van der Waals surface area contributed by atoms with Gasteiger partial charge >= 0.3 is 0 Å². The molecule has 0 aliphatic heterocycles. The molecule has 74 heavy (non-hydrogen) atoms. The first-order valence-corrected chi connectivity index (χ1v) is 24.7. The molecule has 0 saturated heterocycles. The number of nitrogens with zero attached hydrogens (tertiary/aromatic N) is 10. The molecule has 4 N–H and O–H groups in total. The van der Waals surface area contributed by atoms with Crippen LogP contribution in [0.5, 0.6) is 0 Å². The topological polar surface area (TPSA) is 173 Å². The number of para-hydroxylation sites is 8. The Morgan fingerprint density at radius 2 is 0.568 bits per heavy atom. The predicted octanol–water partition coefficient (Wildman–Crippen LogP) is 11.5. The van der Waals surface area contributed by atoms with Crippen LogP contribution in [0, 0.1) is 0 Å². The van der Waals surface area contributed by atoms with Crippen LogP contribution >= 0.6 is 0 Å². The van der Waals surface area contributed by atoms with E-state index in [0.29, 0.717) is 13.1 Å². The Morgan fingerprint density at radius 1 is 0.297 bits per heavy atom. The average molecular weight is 965 g/mol. The van der Waals surface area contributed by atoms with Gasteiger partial charge < -0.3 is 19.9 Å². The minimum atomic E-state index is -0.493. The second-order valence-corrected chi connectivity index (χ2v) is 18.3. The molecule has 0 aliphatic carbocycles. The number of nitrogens with one attached hydrogen (secondary N) is 4. The van der Waals surface area contributed by atoms with E-state index in [4.69, 9.17) is 39.9 Å². The van der Waals surface area contributed by atoms with Crippen molar-refractivity contribution in [2.24, 2.45) is 0 Å². The fourth-order valence-electron chi connectivity index (χ4n) is 10.3. The van der Waals surface area contributed by atoms with Crippen molar-refractivity contribution >= 4 is 44.1 Å². The average Bonchev–Trinajstić information content (AvgIpc) is 4.28. The molecule has 13 aromatic rings. The van der Waals surface area contributed by atoms with Crippen molar-refractivity contribution in [3.63, 3.8) is 0 Å². The minimum Gasteiger partial charge on any atom is -0.340 e. The first-order chi connectivity index (χ1) is 36.7. The molecule has 0 fully saturated rings. The zero-order valence-electron chi connectivity index (χ0n) is 40.0. The van der Waals surface area contributed by atoms with E-state index in [0.717, 1.165) is 101 Å². The van der Waals surface area contributed by atoms with Crippen molar-refractivity contribution in [3.05, 3.63) is 276 Å². The van der Waals surface area contributed by atoms with Gasteiger partial charge in [0.05, 0.1) is 66.9 Å².